The standard InChI is InChI=1S/C22H24N6O3/c29-22(25-15-6-2-1-3-7-15)28-13-16(14-28)30-19-9-5-4-8-17(19)21-26-20(27-31-21)18-12-23-10-11-24-18/h4-5,8-12,15-16H,1-3,6-7,13-14H2,(H,25,29). The van der Waals surface area contributed by atoms with Crippen LogP contribution in [0.4, 0.5) is 4.79 Å². The zero-order valence-electron chi connectivity index (χ0n) is 17.1. The number of benzene rings is 1. The summed E-state index contributed by atoms with van der Waals surface area (Å²) in [6, 6.07) is 7.83. The van der Waals surface area contributed by atoms with Crippen LogP contribution in [-0.2, 0) is 0 Å². The monoisotopic (exact) mass is 420 g/mol. The first kappa shape index (κ1) is 19.5. The molecule has 3 aromatic rings. The van der Waals surface area contributed by atoms with Crippen LogP contribution in [0.3, 0.4) is 0 Å². The molecule has 1 N–H and O–H groups in total. The third kappa shape index (κ3) is 4.35. The van der Waals surface area contributed by atoms with E-state index in [2.05, 4.69) is 25.4 Å². The molecule has 0 spiro atoms. The van der Waals surface area contributed by atoms with Gasteiger partial charge >= 0.3 is 6.03 Å². The number of para-hydroxylation sites is 1. The highest BCUT2D eigenvalue weighted by atomic mass is 16.5. The first-order valence-corrected chi connectivity index (χ1v) is 10.7. The number of nitrogens with one attached hydrogen (secondary N) is 1. The minimum Gasteiger partial charge on any atom is -0.486 e. The van der Waals surface area contributed by atoms with Crippen molar-refractivity contribution in [1.29, 1.82) is 0 Å². The van der Waals surface area contributed by atoms with Crippen LogP contribution in [0.2, 0.25) is 0 Å². The van der Waals surface area contributed by atoms with E-state index in [0.29, 0.717) is 47.9 Å². The van der Waals surface area contributed by atoms with Crippen molar-refractivity contribution in [3.8, 4) is 28.7 Å². The van der Waals surface area contributed by atoms with E-state index in [0.717, 1.165) is 12.8 Å². The lowest BCUT2D eigenvalue weighted by Gasteiger charge is -2.40. The highest BCUT2D eigenvalue weighted by Crippen LogP contribution is 2.31. The van der Waals surface area contributed by atoms with Crippen LogP contribution in [0.5, 0.6) is 5.75 Å². The van der Waals surface area contributed by atoms with E-state index >= 15 is 0 Å². The van der Waals surface area contributed by atoms with Crippen molar-refractivity contribution in [2.75, 3.05) is 13.1 Å². The van der Waals surface area contributed by atoms with Gasteiger partial charge in [0.2, 0.25) is 5.82 Å². The van der Waals surface area contributed by atoms with E-state index in [4.69, 9.17) is 9.26 Å². The molecule has 1 aromatic carbocycles. The molecule has 0 bridgehead atoms. The van der Waals surface area contributed by atoms with Crippen molar-refractivity contribution in [3.63, 3.8) is 0 Å². The van der Waals surface area contributed by atoms with Crippen molar-refractivity contribution in [2.24, 2.45) is 0 Å². The Hall–Kier alpha value is -3.49. The minimum atomic E-state index is -0.0689. The van der Waals surface area contributed by atoms with Crippen molar-refractivity contribution < 1.29 is 14.1 Å². The lowest BCUT2D eigenvalue weighted by molar-refractivity contribution is 0.0432. The molecule has 0 unspecified atom stereocenters. The second kappa shape index (κ2) is 8.71. The Kier molecular flexibility index (Phi) is 5.47. The zero-order chi connectivity index (χ0) is 21.0. The van der Waals surface area contributed by atoms with E-state index in [1.165, 1.54) is 19.3 Å². The number of amides is 2. The molecule has 2 aromatic heterocycles. The van der Waals surface area contributed by atoms with Crippen LogP contribution in [0.1, 0.15) is 32.1 Å². The number of rotatable bonds is 5. The van der Waals surface area contributed by atoms with Crippen molar-refractivity contribution in [2.45, 2.75) is 44.2 Å². The van der Waals surface area contributed by atoms with Crippen molar-refractivity contribution in [1.82, 2.24) is 30.3 Å². The Morgan fingerprint density at radius 1 is 1.13 bits per heavy atom. The second-order valence-corrected chi connectivity index (χ2v) is 7.94. The van der Waals surface area contributed by atoms with E-state index in [-0.39, 0.29) is 12.1 Å². The Labute approximate surface area is 179 Å². The van der Waals surface area contributed by atoms with Gasteiger partial charge in [0.05, 0.1) is 24.8 Å². The van der Waals surface area contributed by atoms with Gasteiger partial charge in [-0.2, -0.15) is 4.98 Å². The Balaban J connectivity index is 1.21. The molecule has 0 atom stereocenters. The highest BCUT2D eigenvalue weighted by Gasteiger charge is 2.34. The Morgan fingerprint density at radius 3 is 2.77 bits per heavy atom. The Morgan fingerprint density at radius 2 is 1.97 bits per heavy atom. The third-order valence-corrected chi connectivity index (χ3v) is 5.70. The molecular weight excluding hydrogens is 396 g/mol. The molecule has 31 heavy (non-hydrogen) atoms. The molecule has 2 fully saturated rings. The van der Waals surface area contributed by atoms with Gasteiger partial charge in [-0.25, -0.2) is 9.78 Å². The van der Waals surface area contributed by atoms with Crippen molar-refractivity contribution >= 4 is 6.03 Å². The van der Waals surface area contributed by atoms with Crippen LogP contribution in [0.15, 0.2) is 47.4 Å². The summed E-state index contributed by atoms with van der Waals surface area (Å²) >= 11 is 0. The molecule has 2 amide bonds. The molecule has 1 aliphatic carbocycles. The summed E-state index contributed by atoms with van der Waals surface area (Å²) < 4.78 is 11.6. The molecule has 160 valence electrons. The summed E-state index contributed by atoms with van der Waals surface area (Å²) in [6.45, 7) is 1.11. The molecule has 3 heterocycles. The number of carbonyl (C=O) groups is 1. The maximum Gasteiger partial charge on any atom is 0.317 e. The topological polar surface area (TPSA) is 106 Å². The first-order valence-electron chi connectivity index (χ1n) is 10.7. The van der Waals surface area contributed by atoms with Gasteiger partial charge in [-0.3, -0.25) is 4.98 Å². The van der Waals surface area contributed by atoms with E-state index in [9.17, 15) is 4.79 Å². The maximum atomic E-state index is 12.4. The van der Waals surface area contributed by atoms with Crippen LogP contribution in [0.25, 0.3) is 23.0 Å². The SMILES string of the molecule is O=C(NC1CCCCC1)N1CC(Oc2ccccc2-c2nc(-c3cnccn3)no2)C1. The minimum absolute atomic E-state index is 0.00514. The number of aromatic nitrogens is 4. The summed E-state index contributed by atoms with van der Waals surface area (Å²) in [5.74, 6) is 1.36. The lowest BCUT2D eigenvalue weighted by atomic mass is 9.95. The van der Waals surface area contributed by atoms with Gasteiger partial charge in [0.25, 0.3) is 5.89 Å². The molecule has 5 rings (SSSR count). The predicted octanol–water partition coefficient (Wildman–Crippen LogP) is 3.30. The summed E-state index contributed by atoms with van der Waals surface area (Å²) in [5, 5.41) is 7.15. The summed E-state index contributed by atoms with van der Waals surface area (Å²) in [4.78, 5) is 26.9. The largest absolute Gasteiger partial charge is 0.486 e. The predicted molar refractivity (Wildman–Crippen MR) is 112 cm³/mol. The molecule has 2 aliphatic rings. The molecule has 9 heteroatoms. The maximum absolute atomic E-state index is 12.4. The van der Waals surface area contributed by atoms with E-state index < -0.39 is 0 Å². The fourth-order valence-corrected chi connectivity index (χ4v) is 3.97. The fourth-order valence-electron chi connectivity index (χ4n) is 3.97. The van der Waals surface area contributed by atoms with Crippen molar-refractivity contribution in [3.05, 3.63) is 42.9 Å². The van der Waals surface area contributed by atoms with Crippen LogP contribution >= 0.6 is 0 Å². The summed E-state index contributed by atoms with van der Waals surface area (Å²) in [7, 11) is 0. The number of urea groups is 1. The average Bonchev–Trinajstić information content (AvgIpc) is 3.27. The zero-order valence-corrected chi connectivity index (χ0v) is 17.1. The van der Waals surface area contributed by atoms with Crippen LogP contribution in [0, 0.1) is 0 Å². The normalized spacial score (nSPS) is 17.2. The molecular formula is C22H24N6O3. The first-order chi connectivity index (χ1) is 15.3. The third-order valence-electron chi connectivity index (χ3n) is 5.70. The quantitative estimate of drug-likeness (QED) is 0.675. The van der Waals surface area contributed by atoms with Crippen LogP contribution < -0.4 is 10.1 Å². The molecule has 1 saturated heterocycles. The van der Waals surface area contributed by atoms with E-state index in [1.807, 2.05) is 24.3 Å². The molecule has 1 aliphatic heterocycles. The number of hydrogen-bond donors (Lipinski definition) is 1. The van der Waals surface area contributed by atoms with Gasteiger partial charge in [-0.05, 0) is 25.0 Å². The number of ether oxygens (including phenoxy) is 1. The van der Waals surface area contributed by atoms with Gasteiger partial charge in [0.15, 0.2) is 0 Å². The number of carbonyl (C=O) groups excluding carboxylic acids is 1. The van der Waals surface area contributed by atoms with Gasteiger partial charge in [-0.1, -0.05) is 36.6 Å². The number of hydrogen-bond acceptors (Lipinski definition) is 7. The summed E-state index contributed by atoms with van der Waals surface area (Å²) in [5.41, 5.74) is 1.24. The highest BCUT2D eigenvalue weighted by molar-refractivity contribution is 5.75. The number of likely N-dealkylation sites (tertiary alicyclic amines) is 1. The molecule has 1 saturated carbocycles. The van der Waals surface area contributed by atoms with Gasteiger partial charge in [0, 0.05) is 18.4 Å². The van der Waals surface area contributed by atoms with Crippen LogP contribution in [-0.4, -0.2) is 56.3 Å². The summed E-state index contributed by atoms with van der Waals surface area (Å²) in [6.07, 6.45) is 10.5. The van der Waals surface area contributed by atoms with Gasteiger partial charge in [-0.15, -0.1) is 0 Å². The lowest BCUT2D eigenvalue weighted by Crippen LogP contribution is -2.60. The van der Waals surface area contributed by atoms with E-state index in [1.54, 1.807) is 23.5 Å². The molecule has 9 nitrogen and oxygen atoms in total. The number of nitrogens with zero attached hydrogens (tertiary/aromatic N) is 5. The molecule has 0 radical (unpaired) electrons. The Bertz CT molecular complexity index is 1030. The average molecular weight is 420 g/mol. The fraction of sp³-hybridized carbons (Fsp3) is 0.409. The smallest absolute Gasteiger partial charge is 0.317 e. The van der Waals surface area contributed by atoms with Gasteiger partial charge in [0.1, 0.15) is 17.5 Å². The second-order valence-electron chi connectivity index (χ2n) is 7.94. The van der Waals surface area contributed by atoms with Gasteiger partial charge < -0.3 is 19.5 Å².